The van der Waals surface area contributed by atoms with Crippen molar-refractivity contribution in [1.82, 2.24) is 9.97 Å². The van der Waals surface area contributed by atoms with Crippen molar-refractivity contribution in [3.8, 4) is 27.7 Å². The largest absolute Gasteiger partial charge is 0.496 e. The second-order valence-electron chi connectivity index (χ2n) is 7.26. The van der Waals surface area contributed by atoms with Crippen LogP contribution in [0.1, 0.15) is 11.1 Å². The lowest BCUT2D eigenvalue weighted by atomic mass is 10.0. The SMILES string of the molecule is COc1c(C)cc(-c2cc3ncnc(N(C)c4ccc5c(c4)OCO5)c3s2)cc1C. The molecular weight excluding hydrogens is 398 g/mol. The Labute approximate surface area is 178 Å². The Kier molecular flexibility index (Phi) is 4.47. The third-order valence-electron chi connectivity index (χ3n) is 5.30. The van der Waals surface area contributed by atoms with Crippen molar-refractivity contribution < 1.29 is 14.2 Å². The normalized spacial score (nSPS) is 12.4. The van der Waals surface area contributed by atoms with E-state index in [-0.39, 0.29) is 6.79 Å². The highest BCUT2D eigenvalue weighted by Gasteiger charge is 2.19. The van der Waals surface area contributed by atoms with Gasteiger partial charge in [0, 0.05) is 23.7 Å². The summed E-state index contributed by atoms with van der Waals surface area (Å²) in [5.41, 5.74) is 5.30. The van der Waals surface area contributed by atoms with Gasteiger partial charge >= 0.3 is 0 Å². The third kappa shape index (κ3) is 3.02. The van der Waals surface area contributed by atoms with E-state index in [4.69, 9.17) is 14.2 Å². The molecule has 2 aromatic heterocycles. The van der Waals surface area contributed by atoms with Gasteiger partial charge in [0.15, 0.2) is 17.3 Å². The summed E-state index contributed by atoms with van der Waals surface area (Å²) in [6.07, 6.45) is 1.61. The van der Waals surface area contributed by atoms with Gasteiger partial charge in [-0.2, -0.15) is 0 Å². The fourth-order valence-corrected chi connectivity index (χ4v) is 4.98. The topological polar surface area (TPSA) is 56.7 Å². The molecule has 0 aliphatic carbocycles. The first-order valence-electron chi connectivity index (χ1n) is 9.58. The van der Waals surface area contributed by atoms with E-state index in [0.29, 0.717) is 0 Å². The number of ether oxygens (including phenoxy) is 3. The highest BCUT2D eigenvalue weighted by molar-refractivity contribution is 7.22. The maximum Gasteiger partial charge on any atom is 0.231 e. The van der Waals surface area contributed by atoms with Crippen LogP contribution in [0, 0.1) is 13.8 Å². The predicted molar refractivity (Wildman–Crippen MR) is 120 cm³/mol. The lowest BCUT2D eigenvalue weighted by Crippen LogP contribution is -2.11. The first-order chi connectivity index (χ1) is 14.5. The number of hydrogen-bond acceptors (Lipinski definition) is 7. The lowest BCUT2D eigenvalue weighted by Gasteiger charge is -2.19. The Balaban J connectivity index is 1.58. The Morgan fingerprint density at radius 3 is 2.53 bits per heavy atom. The van der Waals surface area contributed by atoms with Crippen LogP contribution in [-0.4, -0.2) is 30.9 Å². The van der Waals surface area contributed by atoms with Crippen LogP contribution in [-0.2, 0) is 0 Å². The van der Waals surface area contributed by atoms with Crippen molar-refractivity contribution >= 4 is 33.1 Å². The first-order valence-corrected chi connectivity index (χ1v) is 10.4. The summed E-state index contributed by atoms with van der Waals surface area (Å²) in [7, 11) is 3.71. The molecule has 4 aromatic rings. The lowest BCUT2D eigenvalue weighted by molar-refractivity contribution is 0.174. The molecule has 6 nitrogen and oxygen atoms in total. The Hall–Kier alpha value is -3.32. The smallest absolute Gasteiger partial charge is 0.231 e. The monoisotopic (exact) mass is 419 g/mol. The van der Waals surface area contributed by atoms with Gasteiger partial charge in [0.05, 0.1) is 17.3 Å². The van der Waals surface area contributed by atoms with Crippen LogP contribution in [0.15, 0.2) is 42.7 Å². The molecule has 0 saturated heterocycles. The van der Waals surface area contributed by atoms with Gasteiger partial charge in [0.25, 0.3) is 0 Å². The predicted octanol–water partition coefficient (Wildman–Crippen LogP) is 5.48. The number of fused-ring (bicyclic) bond motifs is 2. The number of aryl methyl sites for hydroxylation is 2. The molecule has 30 heavy (non-hydrogen) atoms. The van der Waals surface area contributed by atoms with E-state index >= 15 is 0 Å². The van der Waals surface area contributed by atoms with Gasteiger partial charge in [-0.3, -0.25) is 0 Å². The van der Waals surface area contributed by atoms with Crippen molar-refractivity contribution in [1.29, 1.82) is 0 Å². The van der Waals surface area contributed by atoms with E-state index in [1.807, 2.05) is 25.2 Å². The molecule has 0 atom stereocenters. The summed E-state index contributed by atoms with van der Waals surface area (Å²) < 4.78 is 17.5. The second kappa shape index (κ2) is 7.18. The fraction of sp³-hybridized carbons (Fsp3) is 0.217. The minimum atomic E-state index is 0.259. The molecule has 1 aliphatic heterocycles. The zero-order valence-electron chi connectivity index (χ0n) is 17.2. The number of benzene rings is 2. The highest BCUT2D eigenvalue weighted by Crippen LogP contribution is 2.42. The quantitative estimate of drug-likeness (QED) is 0.437. The molecule has 0 radical (unpaired) electrons. The minimum Gasteiger partial charge on any atom is -0.496 e. The van der Waals surface area contributed by atoms with E-state index in [1.165, 1.54) is 0 Å². The van der Waals surface area contributed by atoms with Gasteiger partial charge in [-0.15, -0.1) is 11.3 Å². The molecule has 0 unspecified atom stereocenters. The summed E-state index contributed by atoms with van der Waals surface area (Å²) in [6, 6.07) is 12.3. The van der Waals surface area contributed by atoms with Crippen LogP contribution in [0.2, 0.25) is 0 Å². The number of aromatic nitrogens is 2. The Bertz CT molecular complexity index is 1250. The summed E-state index contributed by atoms with van der Waals surface area (Å²) in [4.78, 5) is 12.3. The number of rotatable bonds is 4. The molecule has 0 amide bonds. The van der Waals surface area contributed by atoms with Gasteiger partial charge in [-0.25, -0.2) is 9.97 Å². The average Bonchev–Trinajstić information content (AvgIpc) is 3.39. The first kappa shape index (κ1) is 18.7. The summed E-state index contributed by atoms with van der Waals surface area (Å²) in [5, 5.41) is 0. The van der Waals surface area contributed by atoms with E-state index in [2.05, 4.69) is 46.9 Å². The highest BCUT2D eigenvalue weighted by atomic mass is 32.1. The standard InChI is InChI=1S/C23H21N3O3S/c1-13-7-15(8-14(2)21(13)27-4)20-10-17-22(30-20)23(25-11-24-17)26(3)16-5-6-18-19(9-16)29-12-28-18/h5-11H,12H2,1-4H3. The van der Waals surface area contributed by atoms with E-state index in [1.54, 1.807) is 24.8 Å². The second-order valence-corrected chi connectivity index (χ2v) is 8.31. The molecule has 0 spiro atoms. The van der Waals surface area contributed by atoms with Crippen LogP contribution in [0.3, 0.4) is 0 Å². The molecular formula is C23H21N3O3S. The van der Waals surface area contributed by atoms with E-state index < -0.39 is 0 Å². The molecule has 3 heterocycles. The number of hydrogen-bond donors (Lipinski definition) is 0. The van der Waals surface area contributed by atoms with Gasteiger partial charge in [-0.1, -0.05) is 0 Å². The van der Waals surface area contributed by atoms with Gasteiger partial charge in [0.1, 0.15) is 12.1 Å². The summed E-state index contributed by atoms with van der Waals surface area (Å²) >= 11 is 1.69. The van der Waals surface area contributed by atoms with Crippen molar-refractivity contribution in [2.24, 2.45) is 0 Å². The van der Waals surface area contributed by atoms with Crippen molar-refractivity contribution in [3.05, 3.63) is 53.9 Å². The molecule has 5 rings (SSSR count). The maximum atomic E-state index is 5.53. The molecule has 0 N–H and O–H groups in total. The average molecular weight is 420 g/mol. The molecule has 0 saturated carbocycles. The van der Waals surface area contributed by atoms with Crippen LogP contribution in [0.4, 0.5) is 11.5 Å². The van der Waals surface area contributed by atoms with Crippen molar-refractivity contribution in [2.45, 2.75) is 13.8 Å². The molecule has 2 aromatic carbocycles. The van der Waals surface area contributed by atoms with E-state index in [0.717, 1.165) is 60.5 Å². The number of nitrogens with zero attached hydrogens (tertiary/aromatic N) is 3. The summed E-state index contributed by atoms with van der Waals surface area (Å²) in [5.74, 6) is 3.31. The number of methoxy groups -OCH3 is 1. The number of thiophene rings is 1. The zero-order valence-corrected chi connectivity index (χ0v) is 18.0. The van der Waals surface area contributed by atoms with Crippen LogP contribution in [0.5, 0.6) is 17.2 Å². The molecule has 0 bridgehead atoms. The Morgan fingerprint density at radius 1 is 1.00 bits per heavy atom. The van der Waals surface area contributed by atoms with Gasteiger partial charge in [0.2, 0.25) is 6.79 Å². The third-order valence-corrected chi connectivity index (χ3v) is 6.47. The zero-order chi connectivity index (χ0) is 20.8. The van der Waals surface area contributed by atoms with Crippen molar-refractivity contribution in [3.63, 3.8) is 0 Å². The van der Waals surface area contributed by atoms with Gasteiger partial charge in [-0.05, 0) is 60.9 Å². The fourth-order valence-electron chi connectivity index (χ4n) is 3.85. The van der Waals surface area contributed by atoms with Crippen LogP contribution >= 0.6 is 11.3 Å². The van der Waals surface area contributed by atoms with E-state index in [9.17, 15) is 0 Å². The Morgan fingerprint density at radius 2 is 1.77 bits per heavy atom. The maximum absolute atomic E-state index is 5.53. The molecule has 0 fully saturated rings. The minimum absolute atomic E-state index is 0.259. The summed E-state index contributed by atoms with van der Waals surface area (Å²) in [6.45, 7) is 4.40. The number of anilines is 2. The van der Waals surface area contributed by atoms with Gasteiger partial charge < -0.3 is 19.1 Å². The molecule has 152 valence electrons. The molecule has 1 aliphatic rings. The van der Waals surface area contributed by atoms with Crippen molar-refractivity contribution in [2.75, 3.05) is 25.9 Å². The van der Waals surface area contributed by atoms with Crippen LogP contribution in [0.25, 0.3) is 20.7 Å². The molecule has 7 heteroatoms. The van der Waals surface area contributed by atoms with Crippen LogP contribution < -0.4 is 19.1 Å².